The zero-order valence-corrected chi connectivity index (χ0v) is 14.1. The smallest absolute Gasteiger partial charge is 0.357 e. The van der Waals surface area contributed by atoms with Crippen LogP contribution in [0.5, 0.6) is 0 Å². The lowest BCUT2D eigenvalue weighted by molar-refractivity contribution is -0.136. The van der Waals surface area contributed by atoms with Crippen LogP contribution in [-0.2, 0) is 14.3 Å². The van der Waals surface area contributed by atoms with Gasteiger partial charge < -0.3 is 15.0 Å². The summed E-state index contributed by atoms with van der Waals surface area (Å²) in [5, 5.41) is 2.70. The molecule has 2 rings (SSSR count). The summed E-state index contributed by atoms with van der Waals surface area (Å²) in [5.74, 6) is -1.51. The number of hydrogen-bond donors (Lipinski definition) is 1. The minimum Gasteiger partial charge on any atom is -0.451 e. The number of benzene rings is 1. The third kappa shape index (κ3) is 5.72. The Bertz CT molecular complexity index is 745. The fourth-order valence-electron chi connectivity index (χ4n) is 1.94. The Balaban J connectivity index is 1.78. The highest BCUT2D eigenvalue weighted by Gasteiger charge is 2.16. The monoisotopic (exact) mass is 341 g/mol. The van der Waals surface area contributed by atoms with E-state index >= 15 is 0 Å². The molecule has 0 aliphatic carbocycles. The molecule has 0 bridgehead atoms. The van der Waals surface area contributed by atoms with Gasteiger partial charge in [-0.25, -0.2) is 9.78 Å². The van der Waals surface area contributed by atoms with Crippen LogP contribution in [0.4, 0.5) is 5.69 Å². The van der Waals surface area contributed by atoms with Crippen molar-refractivity contribution < 1.29 is 19.1 Å². The molecule has 1 aromatic heterocycles. The lowest BCUT2D eigenvalue weighted by atomic mass is 10.2. The van der Waals surface area contributed by atoms with Gasteiger partial charge in [0.15, 0.2) is 6.61 Å². The van der Waals surface area contributed by atoms with Crippen molar-refractivity contribution in [3.05, 3.63) is 59.9 Å². The van der Waals surface area contributed by atoms with Gasteiger partial charge in [0, 0.05) is 18.9 Å². The van der Waals surface area contributed by atoms with Gasteiger partial charge in [-0.2, -0.15) is 0 Å². The fourth-order valence-corrected chi connectivity index (χ4v) is 1.94. The number of rotatable bonds is 6. The molecule has 25 heavy (non-hydrogen) atoms. The average Bonchev–Trinajstić information content (AvgIpc) is 2.62. The first-order chi connectivity index (χ1) is 12.0. The van der Waals surface area contributed by atoms with Crippen LogP contribution in [0.25, 0.3) is 0 Å². The van der Waals surface area contributed by atoms with Gasteiger partial charge in [-0.05, 0) is 31.2 Å². The summed E-state index contributed by atoms with van der Waals surface area (Å²) in [5.41, 5.74) is 1.85. The highest BCUT2D eigenvalue weighted by atomic mass is 16.5. The lowest BCUT2D eigenvalue weighted by Gasteiger charge is -2.16. The number of anilines is 1. The second-order valence-electron chi connectivity index (χ2n) is 5.46. The molecule has 2 aromatic rings. The average molecular weight is 341 g/mol. The van der Waals surface area contributed by atoms with E-state index in [2.05, 4.69) is 10.3 Å². The largest absolute Gasteiger partial charge is 0.451 e. The zero-order chi connectivity index (χ0) is 18.2. The zero-order valence-electron chi connectivity index (χ0n) is 14.1. The molecule has 0 fully saturated rings. The molecule has 0 atom stereocenters. The molecule has 7 nitrogen and oxygen atoms in total. The van der Waals surface area contributed by atoms with E-state index in [1.807, 2.05) is 19.1 Å². The maximum atomic E-state index is 12.0. The lowest BCUT2D eigenvalue weighted by Crippen LogP contribution is -2.37. The number of aromatic nitrogens is 1. The normalized spacial score (nSPS) is 10.0. The maximum Gasteiger partial charge on any atom is 0.357 e. The number of likely N-dealkylation sites (N-methyl/N-ethyl adjacent to an activating group) is 1. The summed E-state index contributed by atoms with van der Waals surface area (Å²) >= 11 is 0. The van der Waals surface area contributed by atoms with Crippen LogP contribution in [0, 0.1) is 6.92 Å². The summed E-state index contributed by atoms with van der Waals surface area (Å²) < 4.78 is 4.90. The Morgan fingerprint density at radius 3 is 2.48 bits per heavy atom. The van der Waals surface area contributed by atoms with E-state index in [1.54, 1.807) is 24.3 Å². The number of nitrogens with one attached hydrogen (secondary N) is 1. The van der Waals surface area contributed by atoms with Gasteiger partial charge in [-0.1, -0.05) is 23.8 Å². The van der Waals surface area contributed by atoms with Crippen molar-refractivity contribution in [2.75, 3.05) is 25.5 Å². The Hall–Kier alpha value is -3.22. The van der Waals surface area contributed by atoms with Crippen LogP contribution in [0.15, 0.2) is 48.7 Å². The Morgan fingerprint density at radius 1 is 1.12 bits per heavy atom. The van der Waals surface area contributed by atoms with E-state index in [0.717, 1.165) is 5.56 Å². The van der Waals surface area contributed by atoms with Gasteiger partial charge in [0.25, 0.3) is 5.91 Å². The molecule has 1 heterocycles. The van der Waals surface area contributed by atoms with E-state index < -0.39 is 18.5 Å². The topological polar surface area (TPSA) is 88.6 Å². The summed E-state index contributed by atoms with van der Waals surface area (Å²) in [6.45, 7) is 1.35. The molecule has 0 spiro atoms. The summed E-state index contributed by atoms with van der Waals surface area (Å²) in [4.78, 5) is 40.7. The first-order valence-electron chi connectivity index (χ1n) is 7.64. The van der Waals surface area contributed by atoms with Gasteiger partial charge in [0.2, 0.25) is 5.91 Å². The molecular formula is C18H19N3O4. The van der Waals surface area contributed by atoms with Crippen molar-refractivity contribution in [3.8, 4) is 0 Å². The van der Waals surface area contributed by atoms with E-state index in [1.165, 1.54) is 24.2 Å². The molecule has 0 unspecified atom stereocenters. The Labute approximate surface area is 145 Å². The minimum absolute atomic E-state index is 0.120. The van der Waals surface area contributed by atoms with Crippen molar-refractivity contribution in [1.82, 2.24) is 9.88 Å². The van der Waals surface area contributed by atoms with Crippen LogP contribution < -0.4 is 5.32 Å². The van der Waals surface area contributed by atoms with Crippen molar-refractivity contribution in [2.24, 2.45) is 0 Å². The van der Waals surface area contributed by atoms with E-state index in [-0.39, 0.29) is 18.1 Å². The molecular weight excluding hydrogens is 322 g/mol. The van der Waals surface area contributed by atoms with Gasteiger partial charge in [-0.15, -0.1) is 0 Å². The third-order valence-corrected chi connectivity index (χ3v) is 3.34. The molecule has 1 N–H and O–H groups in total. The number of esters is 1. The van der Waals surface area contributed by atoms with E-state index in [9.17, 15) is 14.4 Å². The number of carbonyl (C=O) groups is 3. The van der Waals surface area contributed by atoms with E-state index in [0.29, 0.717) is 5.69 Å². The van der Waals surface area contributed by atoms with Crippen molar-refractivity contribution in [2.45, 2.75) is 6.92 Å². The van der Waals surface area contributed by atoms with E-state index in [4.69, 9.17) is 4.74 Å². The number of ether oxygens (including phenoxy) is 1. The van der Waals surface area contributed by atoms with Gasteiger partial charge in [0.05, 0.1) is 6.54 Å². The molecule has 0 radical (unpaired) electrons. The number of pyridine rings is 1. The van der Waals surface area contributed by atoms with Crippen LogP contribution >= 0.6 is 0 Å². The number of amides is 2. The van der Waals surface area contributed by atoms with Gasteiger partial charge in [-0.3, -0.25) is 9.59 Å². The van der Waals surface area contributed by atoms with Crippen LogP contribution in [0.1, 0.15) is 16.1 Å². The summed E-state index contributed by atoms with van der Waals surface area (Å²) in [6, 6.07) is 12.1. The van der Waals surface area contributed by atoms with Crippen LogP contribution in [-0.4, -0.2) is 47.9 Å². The number of hydrogen-bond acceptors (Lipinski definition) is 5. The van der Waals surface area contributed by atoms with Crippen molar-refractivity contribution in [1.29, 1.82) is 0 Å². The second kappa shape index (κ2) is 8.58. The summed E-state index contributed by atoms with van der Waals surface area (Å²) in [7, 11) is 1.46. The van der Waals surface area contributed by atoms with Crippen molar-refractivity contribution >= 4 is 23.5 Å². The first kappa shape index (κ1) is 18.1. The molecule has 0 aliphatic heterocycles. The van der Waals surface area contributed by atoms with Crippen LogP contribution in [0.3, 0.4) is 0 Å². The standard InChI is InChI=1S/C18H19N3O4/c1-13-6-8-14(9-7-13)20-16(22)11-21(2)17(23)12-25-18(24)15-5-3-4-10-19-15/h3-10H,11-12H2,1-2H3,(H,20,22). The fraction of sp³-hybridized carbons (Fsp3) is 0.222. The first-order valence-corrected chi connectivity index (χ1v) is 7.64. The number of aryl methyl sites for hydroxylation is 1. The van der Waals surface area contributed by atoms with Crippen LogP contribution in [0.2, 0.25) is 0 Å². The predicted octanol–water partition coefficient (Wildman–Crippen LogP) is 1.64. The summed E-state index contributed by atoms with van der Waals surface area (Å²) in [6.07, 6.45) is 1.46. The highest BCUT2D eigenvalue weighted by molar-refractivity contribution is 5.95. The number of carbonyl (C=O) groups excluding carboxylic acids is 3. The molecule has 0 aliphatic rings. The molecule has 130 valence electrons. The molecule has 0 saturated carbocycles. The molecule has 7 heteroatoms. The van der Waals surface area contributed by atoms with Gasteiger partial charge in [0.1, 0.15) is 5.69 Å². The molecule has 1 aromatic carbocycles. The minimum atomic E-state index is -0.688. The maximum absolute atomic E-state index is 12.0. The third-order valence-electron chi connectivity index (χ3n) is 3.34. The molecule has 2 amide bonds. The quantitative estimate of drug-likeness (QED) is 0.807. The SMILES string of the molecule is Cc1ccc(NC(=O)CN(C)C(=O)COC(=O)c2ccccn2)cc1. The number of nitrogens with zero attached hydrogens (tertiary/aromatic N) is 2. The second-order valence-corrected chi connectivity index (χ2v) is 5.46. The van der Waals surface area contributed by atoms with Gasteiger partial charge >= 0.3 is 5.97 Å². The predicted molar refractivity (Wildman–Crippen MR) is 92.0 cm³/mol. The highest BCUT2D eigenvalue weighted by Crippen LogP contribution is 2.08. The molecule has 0 saturated heterocycles. The Morgan fingerprint density at radius 2 is 1.84 bits per heavy atom. The van der Waals surface area contributed by atoms with Crippen molar-refractivity contribution in [3.63, 3.8) is 0 Å². The Kier molecular flexibility index (Phi) is 6.22.